The number of aromatic nitrogens is 2. The van der Waals surface area contributed by atoms with Gasteiger partial charge in [-0.2, -0.15) is 0 Å². The highest BCUT2D eigenvalue weighted by molar-refractivity contribution is 7.72. The molecular weight excluding hydrogens is 376 g/mol. The molecule has 0 bridgehead atoms. The van der Waals surface area contributed by atoms with Crippen LogP contribution in [0.5, 0.6) is 0 Å². The highest BCUT2D eigenvalue weighted by Crippen LogP contribution is 2.39. The number of nitrogens with zero attached hydrogens (tertiary/aromatic N) is 1. The molecule has 1 rings (SSSR count). The molecule has 1 aromatic rings. The predicted molar refractivity (Wildman–Crippen MR) is 117 cm³/mol. The number of nitrogens with one attached hydrogen (secondary N) is 1. The van der Waals surface area contributed by atoms with Crippen LogP contribution in [0.2, 0.25) is 0 Å². The van der Waals surface area contributed by atoms with Gasteiger partial charge in [0.05, 0.1) is 12.0 Å². The zero-order valence-corrected chi connectivity index (χ0v) is 19.2. The average molecular weight is 413 g/mol. The van der Waals surface area contributed by atoms with Crippen molar-refractivity contribution >= 4 is 30.4 Å². The lowest BCUT2D eigenvalue weighted by Crippen LogP contribution is -2.38. The fourth-order valence-corrected chi connectivity index (χ4v) is 4.13. The second-order valence-electron chi connectivity index (χ2n) is 8.12. The number of carbonyl (C=O) groups is 1. The number of ether oxygens (including phenoxy) is 1. The third kappa shape index (κ3) is 7.49. The van der Waals surface area contributed by atoms with Crippen molar-refractivity contribution in [3.63, 3.8) is 0 Å². The maximum Gasteiger partial charge on any atom is 0.312 e. The number of aryl methyl sites for hydroxylation is 1. The first-order valence-corrected chi connectivity index (χ1v) is 11.0. The monoisotopic (exact) mass is 412 g/mol. The van der Waals surface area contributed by atoms with E-state index in [0.717, 1.165) is 45.1 Å². The number of H-pyrrole nitrogens is 1. The van der Waals surface area contributed by atoms with Crippen molar-refractivity contribution in [2.75, 3.05) is 6.61 Å². The maximum atomic E-state index is 12.8. The lowest BCUT2D eigenvalue weighted by Gasteiger charge is -2.35. The average Bonchev–Trinajstić information content (AvgIpc) is 2.59. The summed E-state index contributed by atoms with van der Waals surface area (Å²) in [7, 11) is 0. The Morgan fingerprint density at radius 2 is 1.85 bits per heavy atom. The molecule has 0 saturated carbocycles. The summed E-state index contributed by atoms with van der Waals surface area (Å²) < 4.78 is 9.03. The van der Waals surface area contributed by atoms with Crippen molar-refractivity contribution in [2.45, 2.75) is 79.7 Å². The Balaban J connectivity index is 2.34. The summed E-state index contributed by atoms with van der Waals surface area (Å²) in [6.07, 6.45) is 7.76. The molecule has 0 amide bonds. The highest BCUT2D eigenvalue weighted by atomic mass is 32.1. The number of hydrogen-bond acceptors (Lipinski definition) is 4. The van der Waals surface area contributed by atoms with E-state index in [1.54, 1.807) is 0 Å². The number of aromatic amines is 1. The van der Waals surface area contributed by atoms with E-state index in [1.807, 2.05) is 16.8 Å². The number of carbonyl (C=O) groups excluding carboxylic acids is 1. The molecule has 1 aromatic heterocycles. The van der Waals surface area contributed by atoms with E-state index in [2.05, 4.69) is 39.6 Å². The van der Waals surface area contributed by atoms with Gasteiger partial charge in [-0.1, -0.05) is 53.3 Å². The van der Waals surface area contributed by atoms with Gasteiger partial charge < -0.3 is 14.3 Å². The molecule has 27 heavy (non-hydrogen) atoms. The fourth-order valence-electron chi connectivity index (χ4n) is 3.65. The van der Waals surface area contributed by atoms with E-state index in [4.69, 9.17) is 29.2 Å². The minimum absolute atomic E-state index is 0.0143. The summed E-state index contributed by atoms with van der Waals surface area (Å²) >= 11 is 10.3. The zero-order chi connectivity index (χ0) is 20.4. The highest BCUT2D eigenvalue weighted by Gasteiger charge is 2.41. The molecule has 0 fully saturated rings. The molecule has 0 aliphatic carbocycles. The third-order valence-corrected chi connectivity index (χ3v) is 5.91. The van der Waals surface area contributed by atoms with E-state index in [9.17, 15) is 4.79 Å². The summed E-state index contributed by atoms with van der Waals surface area (Å²) in [5.74, 6) is 0.763. The lowest BCUT2D eigenvalue weighted by molar-refractivity contribution is -0.161. The van der Waals surface area contributed by atoms with E-state index in [-0.39, 0.29) is 11.4 Å². The Hall–Kier alpha value is -1.01. The molecule has 0 aliphatic rings. The van der Waals surface area contributed by atoms with Gasteiger partial charge in [-0.15, -0.1) is 0 Å². The topological polar surface area (TPSA) is 47.0 Å². The second-order valence-corrected chi connectivity index (χ2v) is 8.94. The fraction of sp³-hybridized carbons (Fsp3) is 0.762. The molecule has 0 saturated heterocycles. The van der Waals surface area contributed by atoms with Crippen LogP contribution >= 0.6 is 24.4 Å². The van der Waals surface area contributed by atoms with Crippen LogP contribution in [-0.4, -0.2) is 22.1 Å². The first-order chi connectivity index (χ1) is 12.7. The van der Waals surface area contributed by atoms with Crippen LogP contribution < -0.4 is 0 Å². The van der Waals surface area contributed by atoms with Crippen molar-refractivity contribution in [1.29, 1.82) is 0 Å². The van der Waals surface area contributed by atoms with E-state index >= 15 is 0 Å². The van der Waals surface area contributed by atoms with Crippen LogP contribution in [0.25, 0.3) is 0 Å². The van der Waals surface area contributed by atoms with Crippen molar-refractivity contribution in [2.24, 2.45) is 17.3 Å². The SMILES string of the molecule is CCC(CC(C)C)(C(=O)OCCCCCCn1ccc(=S)[nH]c1=S)C(C)C. The van der Waals surface area contributed by atoms with Crippen LogP contribution in [0, 0.1) is 26.7 Å². The van der Waals surface area contributed by atoms with Gasteiger partial charge in [-0.05, 0) is 62.2 Å². The molecule has 6 heteroatoms. The smallest absolute Gasteiger partial charge is 0.312 e. The van der Waals surface area contributed by atoms with Gasteiger partial charge >= 0.3 is 5.97 Å². The molecule has 0 aromatic carbocycles. The summed E-state index contributed by atoms with van der Waals surface area (Å²) in [6, 6.07) is 1.86. The van der Waals surface area contributed by atoms with Gasteiger partial charge in [0.1, 0.15) is 4.64 Å². The number of hydrogen-bond donors (Lipinski definition) is 1. The molecule has 0 spiro atoms. The van der Waals surface area contributed by atoms with E-state index < -0.39 is 0 Å². The van der Waals surface area contributed by atoms with Crippen molar-refractivity contribution < 1.29 is 9.53 Å². The first-order valence-electron chi connectivity index (χ1n) is 10.2. The quantitative estimate of drug-likeness (QED) is 0.242. The van der Waals surface area contributed by atoms with Gasteiger partial charge in [-0.3, -0.25) is 4.79 Å². The molecule has 0 aliphatic heterocycles. The molecule has 1 unspecified atom stereocenters. The standard InChI is InChI=1S/C21H36N2O2S2/c1-6-21(17(4)5,15-16(2)3)19(24)25-14-10-8-7-9-12-23-13-11-18(26)22-20(23)27/h11,13,16-17H,6-10,12,14-15H2,1-5H3,(H,22,26,27). The maximum absolute atomic E-state index is 12.8. The molecule has 154 valence electrons. The van der Waals surface area contributed by atoms with Crippen molar-refractivity contribution in [3.05, 3.63) is 21.7 Å². The number of esters is 1. The Bertz CT molecular complexity index is 694. The molecule has 0 radical (unpaired) electrons. The van der Waals surface area contributed by atoms with E-state index in [0.29, 0.717) is 27.9 Å². The summed E-state index contributed by atoms with van der Waals surface area (Å²) in [4.78, 5) is 15.8. The van der Waals surface area contributed by atoms with Crippen LogP contribution in [0.4, 0.5) is 0 Å². The Labute approximate surface area is 174 Å². The Kier molecular flexibility index (Phi) is 10.5. The zero-order valence-electron chi connectivity index (χ0n) is 17.5. The largest absolute Gasteiger partial charge is 0.465 e. The molecule has 4 nitrogen and oxygen atoms in total. The van der Waals surface area contributed by atoms with Crippen molar-refractivity contribution in [3.8, 4) is 0 Å². The predicted octanol–water partition coefficient (Wildman–Crippen LogP) is 6.48. The Morgan fingerprint density at radius 3 is 2.41 bits per heavy atom. The van der Waals surface area contributed by atoms with Gasteiger partial charge in [0.2, 0.25) is 0 Å². The molecule has 1 atom stereocenters. The van der Waals surface area contributed by atoms with Crippen LogP contribution in [0.1, 0.15) is 73.1 Å². The second kappa shape index (κ2) is 11.7. The summed E-state index contributed by atoms with van der Waals surface area (Å²) in [5.41, 5.74) is -0.349. The third-order valence-electron chi connectivity index (χ3n) is 5.34. The van der Waals surface area contributed by atoms with Crippen LogP contribution in [0.3, 0.4) is 0 Å². The molecular formula is C21H36N2O2S2. The number of unbranched alkanes of at least 4 members (excludes halogenated alkanes) is 3. The molecule has 1 heterocycles. The van der Waals surface area contributed by atoms with Crippen LogP contribution in [0.15, 0.2) is 12.3 Å². The van der Waals surface area contributed by atoms with E-state index in [1.165, 1.54) is 0 Å². The van der Waals surface area contributed by atoms with Gasteiger partial charge in [-0.25, -0.2) is 0 Å². The number of rotatable bonds is 12. The Morgan fingerprint density at radius 1 is 1.19 bits per heavy atom. The summed E-state index contributed by atoms with van der Waals surface area (Å²) in [6.45, 7) is 12.1. The minimum atomic E-state index is -0.349. The van der Waals surface area contributed by atoms with Gasteiger partial charge in [0, 0.05) is 12.7 Å². The summed E-state index contributed by atoms with van der Waals surface area (Å²) in [5, 5.41) is 0. The minimum Gasteiger partial charge on any atom is -0.465 e. The normalized spacial score (nSPS) is 13.7. The lowest BCUT2D eigenvalue weighted by atomic mass is 9.70. The van der Waals surface area contributed by atoms with Crippen LogP contribution in [-0.2, 0) is 16.1 Å². The van der Waals surface area contributed by atoms with Gasteiger partial charge in [0.25, 0.3) is 0 Å². The molecule has 1 N–H and O–H groups in total. The van der Waals surface area contributed by atoms with Gasteiger partial charge in [0.15, 0.2) is 4.77 Å². The van der Waals surface area contributed by atoms with Crippen molar-refractivity contribution in [1.82, 2.24) is 9.55 Å². The first kappa shape index (κ1) is 24.0.